The Morgan fingerprint density at radius 3 is 2.58 bits per heavy atom. The van der Waals surface area contributed by atoms with Crippen LogP contribution in [0, 0.1) is 10.1 Å². The molecule has 0 fully saturated rings. The molecule has 3 rings (SSSR count). The van der Waals surface area contributed by atoms with Crippen molar-refractivity contribution in [3.63, 3.8) is 0 Å². The molecule has 1 aromatic carbocycles. The molecule has 0 radical (unpaired) electrons. The van der Waals surface area contributed by atoms with Crippen LogP contribution in [-0.4, -0.2) is 24.0 Å². The van der Waals surface area contributed by atoms with Crippen LogP contribution in [0.2, 0.25) is 0 Å². The summed E-state index contributed by atoms with van der Waals surface area (Å²) in [5, 5.41) is 10.8. The monoisotopic (exact) mass is 355 g/mol. The lowest BCUT2D eigenvalue weighted by Crippen LogP contribution is -2.39. The fraction of sp³-hybridized carbons (Fsp3) is 0.235. The summed E-state index contributed by atoms with van der Waals surface area (Å²) in [6, 6.07) is 6.15. The molecule has 0 aliphatic carbocycles. The summed E-state index contributed by atoms with van der Waals surface area (Å²) in [4.78, 5) is 42.4. The third-order valence-corrected chi connectivity index (χ3v) is 4.03. The number of benzene rings is 1. The fourth-order valence-corrected chi connectivity index (χ4v) is 2.74. The number of non-ortho nitro benzene ring substituents is 1. The second-order valence-electron chi connectivity index (χ2n) is 5.58. The molecule has 3 aromatic rings. The van der Waals surface area contributed by atoms with E-state index in [9.17, 15) is 19.7 Å². The number of nitro groups is 1. The predicted octanol–water partition coefficient (Wildman–Crippen LogP) is 2.00. The SMILES string of the molecule is CCn1c(=O)c2[nH]c(/C=C/c3cccc([N+](=O)[O-])c3)nc2n(CC)c1=O. The third kappa shape index (κ3) is 2.94. The van der Waals surface area contributed by atoms with Gasteiger partial charge in [0.1, 0.15) is 11.3 Å². The molecule has 0 atom stereocenters. The highest BCUT2D eigenvalue weighted by atomic mass is 16.6. The maximum absolute atomic E-state index is 12.4. The number of nitro benzene ring substituents is 1. The van der Waals surface area contributed by atoms with Crippen LogP contribution in [0.4, 0.5) is 5.69 Å². The molecule has 26 heavy (non-hydrogen) atoms. The van der Waals surface area contributed by atoms with Crippen LogP contribution in [0.5, 0.6) is 0 Å². The lowest BCUT2D eigenvalue weighted by Gasteiger charge is -2.06. The van der Waals surface area contributed by atoms with Gasteiger partial charge in [-0.2, -0.15) is 0 Å². The van der Waals surface area contributed by atoms with Gasteiger partial charge in [0, 0.05) is 25.2 Å². The summed E-state index contributed by atoms with van der Waals surface area (Å²) in [6.07, 6.45) is 3.26. The van der Waals surface area contributed by atoms with Crippen LogP contribution in [0.3, 0.4) is 0 Å². The minimum atomic E-state index is -0.467. The van der Waals surface area contributed by atoms with E-state index >= 15 is 0 Å². The number of aryl methyl sites for hydroxylation is 1. The Morgan fingerprint density at radius 2 is 1.92 bits per heavy atom. The van der Waals surface area contributed by atoms with E-state index in [1.54, 1.807) is 38.1 Å². The molecule has 0 unspecified atom stereocenters. The number of nitrogens with one attached hydrogen (secondary N) is 1. The molecule has 0 amide bonds. The van der Waals surface area contributed by atoms with Gasteiger partial charge in [-0.15, -0.1) is 0 Å². The number of aromatic nitrogens is 4. The highest BCUT2D eigenvalue weighted by Gasteiger charge is 2.14. The van der Waals surface area contributed by atoms with Crippen LogP contribution < -0.4 is 11.2 Å². The zero-order chi connectivity index (χ0) is 18.8. The van der Waals surface area contributed by atoms with Crippen molar-refractivity contribution in [1.82, 2.24) is 19.1 Å². The van der Waals surface area contributed by atoms with E-state index in [2.05, 4.69) is 9.97 Å². The van der Waals surface area contributed by atoms with E-state index in [1.807, 2.05) is 0 Å². The molecule has 0 bridgehead atoms. The van der Waals surface area contributed by atoms with Gasteiger partial charge in [-0.1, -0.05) is 18.2 Å². The van der Waals surface area contributed by atoms with E-state index in [1.165, 1.54) is 16.7 Å². The second-order valence-corrected chi connectivity index (χ2v) is 5.58. The molecule has 1 N–H and O–H groups in total. The Bertz CT molecular complexity index is 1140. The van der Waals surface area contributed by atoms with Crippen LogP contribution in [0.15, 0.2) is 33.9 Å². The quantitative estimate of drug-likeness (QED) is 0.555. The van der Waals surface area contributed by atoms with Gasteiger partial charge in [0.05, 0.1) is 4.92 Å². The number of imidazole rings is 1. The number of nitrogens with zero attached hydrogens (tertiary/aromatic N) is 4. The average molecular weight is 355 g/mol. The number of rotatable bonds is 5. The molecule has 2 heterocycles. The Morgan fingerprint density at radius 1 is 1.19 bits per heavy atom. The number of H-pyrrole nitrogens is 1. The Hall–Kier alpha value is -3.49. The first-order valence-electron chi connectivity index (χ1n) is 8.12. The predicted molar refractivity (Wildman–Crippen MR) is 98.0 cm³/mol. The van der Waals surface area contributed by atoms with Gasteiger partial charge in [0.15, 0.2) is 5.65 Å². The smallest absolute Gasteiger partial charge is 0.332 e. The van der Waals surface area contributed by atoms with Gasteiger partial charge < -0.3 is 4.98 Å². The van der Waals surface area contributed by atoms with Crippen molar-refractivity contribution in [2.24, 2.45) is 0 Å². The highest BCUT2D eigenvalue weighted by molar-refractivity contribution is 5.75. The minimum absolute atomic E-state index is 0.0117. The number of hydrogen-bond acceptors (Lipinski definition) is 5. The third-order valence-electron chi connectivity index (χ3n) is 4.03. The molecule has 9 heteroatoms. The van der Waals surface area contributed by atoms with Crippen molar-refractivity contribution in [3.8, 4) is 0 Å². The average Bonchev–Trinajstić information content (AvgIpc) is 3.05. The lowest BCUT2D eigenvalue weighted by atomic mass is 10.2. The standard InChI is InChI=1S/C17H17N5O4/c1-3-20-15-14(16(23)21(4-2)17(20)24)18-13(19-15)9-8-11-6-5-7-12(10-11)22(25)26/h5-10H,3-4H2,1-2H3,(H,18,19)/b9-8+. The number of aromatic amines is 1. The molecular formula is C17H17N5O4. The molecule has 9 nitrogen and oxygen atoms in total. The summed E-state index contributed by atoms with van der Waals surface area (Å²) < 4.78 is 2.58. The van der Waals surface area contributed by atoms with Crippen LogP contribution in [0.1, 0.15) is 25.2 Å². The van der Waals surface area contributed by atoms with Crippen molar-refractivity contribution in [2.45, 2.75) is 26.9 Å². The molecular weight excluding hydrogens is 338 g/mol. The molecule has 134 valence electrons. The van der Waals surface area contributed by atoms with Gasteiger partial charge in [0.2, 0.25) is 0 Å². The topological polar surface area (TPSA) is 116 Å². The van der Waals surface area contributed by atoms with E-state index in [0.29, 0.717) is 23.6 Å². The zero-order valence-electron chi connectivity index (χ0n) is 14.3. The van der Waals surface area contributed by atoms with Crippen LogP contribution >= 0.6 is 0 Å². The van der Waals surface area contributed by atoms with Crippen molar-refractivity contribution in [2.75, 3.05) is 0 Å². The lowest BCUT2D eigenvalue weighted by molar-refractivity contribution is -0.384. The molecule has 0 aliphatic rings. The molecule has 0 spiro atoms. The maximum Gasteiger partial charge on any atom is 0.332 e. The molecule has 0 saturated carbocycles. The molecule has 0 aliphatic heterocycles. The van der Waals surface area contributed by atoms with E-state index < -0.39 is 16.2 Å². The second kappa shape index (κ2) is 6.79. The summed E-state index contributed by atoms with van der Waals surface area (Å²) in [5.74, 6) is 0.388. The molecule has 2 aromatic heterocycles. The number of fused-ring (bicyclic) bond motifs is 1. The maximum atomic E-state index is 12.4. The van der Waals surface area contributed by atoms with E-state index in [0.717, 1.165) is 4.57 Å². The van der Waals surface area contributed by atoms with Crippen molar-refractivity contribution in [1.29, 1.82) is 0 Å². The van der Waals surface area contributed by atoms with Gasteiger partial charge in [-0.25, -0.2) is 9.78 Å². The largest absolute Gasteiger partial charge is 0.333 e. The van der Waals surface area contributed by atoms with Crippen molar-refractivity contribution in [3.05, 3.63) is 66.6 Å². The van der Waals surface area contributed by atoms with Crippen LogP contribution in [-0.2, 0) is 13.1 Å². The Balaban J connectivity index is 2.09. The summed E-state index contributed by atoms with van der Waals surface area (Å²) >= 11 is 0. The zero-order valence-corrected chi connectivity index (χ0v) is 14.3. The Labute approximate surface area is 147 Å². The van der Waals surface area contributed by atoms with Crippen molar-refractivity contribution >= 4 is 29.0 Å². The van der Waals surface area contributed by atoms with Gasteiger partial charge in [0.25, 0.3) is 11.2 Å². The number of hydrogen-bond donors (Lipinski definition) is 1. The first kappa shape index (κ1) is 17.3. The minimum Gasteiger partial charge on any atom is -0.333 e. The van der Waals surface area contributed by atoms with Crippen molar-refractivity contribution < 1.29 is 4.92 Å². The highest BCUT2D eigenvalue weighted by Crippen LogP contribution is 2.15. The van der Waals surface area contributed by atoms with Crippen LogP contribution in [0.25, 0.3) is 23.3 Å². The molecule has 0 saturated heterocycles. The van der Waals surface area contributed by atoms with E-state index in [4.69, 9.17) is 0 Å². The first-order chi connectivity index (χ1) is 12.5. The first-order valence-corrected chi connectivity index (χ1v) is 8.12. The Kier molecular flexibility index (Phi) is 4.53. The van der Waals surface area contributed by atoms with Gasteiger partial charge in [-0.3, -0.25) is 24.0 Å². The summed E-state index contributed by atoms with van der Waals surface area (Å²) in [7, 11) is 0. The van der Waals surface area contributed by atoms with E-state index in [-0.39, 0.29) is 17.7 Å². The summed E-state index contributed by atoms with van der Waals surface area (Å²) in [6.45, 7) is 4.19. The van der Waals surface area contributed by atoms with Gasteiger partial charge >= 0.3 is 5.69 Å². The van der Waals surface area contributed by atoms with Gasteiger partial charge in [-0.05, 0) is 25.5 Å². The fourth-order valence-electron chi connectivity index (χ4n) is 2.74. The normalized spacial score (nSPS) is 11.5. The summed E-state index contributed by atoms with van der Waals surface area (Å²) in [5.41, 5.74) is 0.353.